The zero-order chi connectivity index (χ0) is 16.3. The van der Waals surface area contributed by atoms with Crippen LogP contribution in [0.3, 0.4) is 0 Å². The van der Waals surface area contributed by atoms with Gasteiger partial charge in [-0.05, 0) is 17.7 Å². The summed E-state index contributed by atoms with van der Waals surface area (Å²) in [4.78, 5) is 2.07. The molecule has 1 aromatic carbocycles. The van der Waals surface area contributed by atoms with E-state index in [4.69, 9.17) is 11.6 Å². The molecule has 124 valence electrons. The Balaban J connectivity index is 1.88. The summed E-state index contributed by atoms with van der Waals surface area (Å²) in [6.07, 6.45) is -0.603. The molecule has 0 aliphatic carbocycles. The van der Waals surface area contributed by atoms with Gasteiger partial charge in [-0.3, -0.25) is 4.90 Å². The SMILES string of the molecule is CN(C)S(=O)(=O)N1CCN(CC(O)c2ccc(Cl)cc2)CC1. The molecular weight excluding hydrogens is 326 g/mol. The lowest BCUT2D eigenvalue weighted by atomic mass is 10.1. The summed E-state index contributed by atoms with van der Waals surface area (Å²) in [6.45, 7) is 2.58. The van der Waals surface area contributed by atoms with E-state index in [1.54, 1.807) is 24.3 Å². The van der Waals surface area contributed by atoms with Crippen molar-refractivity contribution in [3.63, 3.8) is 0 Å². The lowest BCUT2D eigenvalue weighted by Crippen LogP contribution is -2.52. The van der Waals surface area contributed by atoms with Crippen molar-refractivity contribution in [2.24, 2.45) is 0 Å². The number of hydrogen-bond donors (Lipinski definition) is 1. The fourth-order valence-corrected chi connectivity index (χ4v) is 3.62. The van der Waals surface area contributed by atoms with E-state index in [1.807, 2.05) is 0 Å². The van der Waals surface area contributed by atoms with E-state index >= 15 is 0 Å². The topological polar surface area (TPSA) is 64.1 Å². The number of nitrogens with zero attached hydrogens (tertiary/aromatic N) is 3. The third kappa shape index (κ3) is 4.18. The van der Waals surface area contributed by atoms with Crippen LogP contribution in [0.2, 0.25) is 5.02 Å². The van der Waals surface area contributed by atoms with Crippen molar-refractivity contribution in [3.05, 3.63) is 34.9 Å². The minimum absolute atomic E-state index is 0.438. The molecular formula is C14H22ClN3O3S. The predicted molar refractivity (Wildman–Crippen MR) is 87.0 cm³/mol. The number of aliphatic hydroxyl groups excluding tert-OH is 1. The first-order chi connectivity index (χ1) is 10.3. The number of benzene rings is 1. The van der Waals surface area contributed by atoms with Gasteiger partial charge < -0.3 is 5.11 Å². The van der Waals surface area contributed by atoms with Crippen molar-refractivity contribution >= 4 is 21.8 Å². The standard InChI is InChI=1S/C14H22ClN3O3S/c1-16(2)22(20,21)18-9-7-17(8-10-18)11-14(19)12-3-5-13(15)6-4-12/h3-6,14,19H,7-11H2,1-2H3. The van der Waals surface area contributed by atoms with E-state index in [9.17, 15) is 13.5 Å². The van der Waals surface area contributed by atoms with Crippen molar-refractivity contribution in [2.45, 2.75) is 6.10 Å². The summed E-state index contributed by atoms with van der Waals surface area (Å²) >= 11 is 5.83. The maximum atomic E-state index is 12.0. The highest BCUT2D eigenvalue weighted by Crippen LogP contribution is 2.18. The third-order valence-corrected chi connectivity index (χ3v) is 6.00. The molecule has 1 unspecified atom stereocenters. The van der Waals surface area contributed by atoms with Gasteiger partial charge in [-0.2, -0.15) is 17.0 Å². The molecule has 0 aromatic heterocycles. The van der Waals surface area contributed by atoms with E-state index in [0.29, 0.717) is 37.7 Å². The van der Waals surface area contributed by atoms with E-state index in [-0.39, 0.29) is 0 Å². The van der Waals surface area contributed by atoms with E-state index < -0.39 is 16.3 Å². The second-order valence-corrected chi connectivity index (χ2v) is 8.14. The fourth-order valence-electron chi connectivity index (χ4n) is 2.41. The molecule has 1 aliphatic heterocycles. The maximum Gasteiger partial charge on any atom is 0.281 e. The highest BCUT2D eigenvalue weighted by molar-refractivity contribution is 7.86. The van der Waals surface area contributed by atoms with E-state index in [1.165, 1.54) is 22.7 Å². The normalized spacial score (nSPS) is 19.5. The van der Waals surface area contributed by atoms with Gasteiger partial charge >= 0.3 is 0 Å². The molecule has 0 radical (unpaired) electrons. The summed E-state index contributed by atoms with van der Waals surface area (Å²) in [5.74, 6) is 0. The molecule has 0 bridgehead atoms. The van der Waals surface area contributed by atoms with Gasteiger partial charge in [-0.15, -0.1) is 0 Å². The van der Waals surface area contributed by atoms with Crippen molar-refractivity contribution in [3.8, 4) is 0 Å². The van der Waals surface area contributed by atoms with Gasteiger partial charge in [0.1, 0.15) is 0 Å². The van der Waals surface area contributed by atoms with Crippen LogP contribution >= 0.6 is 11.6 Å². The lowest BCUT2D eigenvalue weighted by Gasteiger charge is -2.35. The highest BCUT2D eigenvalue weighted by Gasteiger charge is 2.29. The minimum Gasteiger partial charge on any atom is -0.387 e. The number of β-amino-alcohol motifs (C(OH)–C–C–N with tert-alkyl or cyclic N) is 1. The quantitative estimate of drug-likeness (QED) is 0.855. The molecule has 1 aromatic rings. The number of hydrogen-bond acceptors (Lipinski definition) is 4. The zero-order valence-electron chi connectivity index (χ0n) is 12.8. The van der Waals surface area contributed by atoms with Gasteiger partial charge in [0.25, 0.3) is 10.2 Å². The number of halogens is 1. The molecule has 22 heavy (non-hydrogen) atoms. The molecule has 1 heterocycles. The van der Waals surface area contributed by atoms with Gasteiger partial charge in [0.15, 0.2) is 0 Å². The molecule has 0 saturated carbocycles. The molecule has 0 amide bonds. The molecule has 1 saturated heterocycles. The summed E-state index contributed by atoms with van der Waals surface area (Å²) < 4.78 is 26.8. The Hall–Kier alpha value is -0.700. The summed E-state index contributed by atoms with van der Waals surface area (Å²) in [7, 11) is -0.278. The molecule has 1 fully saturated rings. The van der Waals surface area contributed by atoms with E-state index in [0.717, 1.165) is 5.56 Å². The Kier molecular flexibility index (Phi) is 5.81. The smallest absolute Gasteiger partial charge is 0.281 e. The van der Waals surface area contributed by atoms with Crippen LogP contribution in [0.4, 0.5) is 0 Å². The van der Waals surface area contributed by atoms with Gasteiger partial charge in [0.05, 0.1) is 6.10 Å². The lowest BCUT2D eigenvalue weighted by molar-refractivity contribution is 0.0911. The van der Waals surface area contributed by atoms with Crippen molar-refractivity contribution in [2.75, 3.05) is 46.8 Å². The molecule has 8 heteroatoms. The van der Waals surface area contributed by atoms with Crippen LogP contribution < -0.4 is 0 Å². The fraction of sp³-hybridized carbons (Fsp3) is 0.571. The Bertz CT molecular complexity index is 584. The molecule has 6 nitrogen and oxygen atoms in total. The van der Waals surface area contributed by atoms with Crippen molar-refractivity contribution in [1.29, 1.82) is 0 Å². The first-order valence-electron chi connectivity index (χ1n) is 7.14. The second kappa shape index (κ2) is 7.25. The van der Waals surface area contributed by atoms with Gasteiger partial charge in [0.2, 0.25) is 0 Å². The van der Waals surface area contributed by atoms with Gasteiger partial charge in [-0.25, -0.2) is 0 Å². The van der Waals surface area contributed by atoms with Crippen LogP contribution in [-0.4, -0.2) is 73.9 Å². The van der Waals surface area contributed by atoms with Gasteiger partial charge in [-0.1, -0.05) is 23.7 Å². The average Bonchev–Trinajstić information content (AvgIpc) is 2.48. The Labute approximate surface area is 137 Å². The molecule has 2 rings (SSSR count). The van der Waals surface area contributed by atoms with Crippen LogP contribution in [0.1, 0.15) is 11.7 Å². The molecule has 1 N–H and O–H groups in total. The highest BCUT2D eigenvalue weighted by atomic mass is 35.5. The van der Waals surface area contributed by atoms with Crippen LogP contribution in [0.15, 0.2) is 24.3 Å². The van der Waals surface area contributed by atoms with Gasteiger partial charge in [0, 0.05) is 51.8 Å². The Morgan fingerprint density at radius 2 is 1.73 bits per heavy atom. The number of piperazine rings is 1. The third-order valence-electron chi connectivity index (χ3n) is 3.80. The van der Waals surface area contributed by atoms with Crippen molar-refractivity contribution in [1.82, 2.24) is 13.5 Å². The molecule has 1 aliphatic rings. The Morgan fingerprint density at radius 3 is 2.23 bits per heavy atom. The van der Waals surface area contributed by atoms with E-state index in [2.05, 4.69) is 4.90 Å². The number of rotatable bonds is 5. The second-order valence-electron chi connectivity index (χ2n) is 5.56. The first-order valence-corrected chi connectivity index (χ1v) is 8.91. The molecule has 0 spiro atoms. The first kappa shape index (κ1) is 17.7. The largest absolute Gasteiger partial charge is 0.387 e. The zero-order valence-corrected chi connectivity index (χ0v) is 14.4. The van der Waals surface area contributed by atoms with Crippen LogP contribution in [-0.2, 0) is 10.2 Å². The maximum absolute atomic E-state index is 12.0. The molecule has 1 atom stereocenters. The summed E-state index contributed by atoms with van der Waals surface area (Å²) in [5, 5.41) is 10.9. The number of aliphatic hydroxyl groups is 1. The summed E-state index contributed by atoms with van der Waals surface area (Å²) in [5.41, 5.74) is 0.813. The summed E-state index contributed by atoms with van der Waals surface area (Å²) in [6, 6.07) is 7.11. The van der Waals surface area contributed by atoms with Crippen LogP contribution in [0.5, 0.6) is 0 Å². The van der Waals surface area contributed by atoms with Crippen molar-refractivity contribution < 1.29 is 13.5 Å². The van der Waals surface area contributed by atoms with Crippen LogP contribution in [0, 0.1) is 0 Å². The monoisotopic (exact) mass is 347 g/mol. The van der Waals surface area contributed by atoms with Crippen LogP contribution in [0.25, 0.3) is 0 Å². The average molecular weight is 348 g/mol. The minimum atomic E-state index is -3.35. The predicted octanol–water partition coefficient (Wildman–Crippen LogP) is 0.797. The Morgan fingerprint density at radius 1 is 1.18 bits per heavy atom.